The lowest BCUT2D eigenvalue weighted by molar-refractivity contribution is 0.0895. The zero-order valence-corrected chi connectivity index (χ0v) is 13.0. The summed E-state index contributed by atoms with van der Waals surface area (Å²) in [6.45, 7) is 4.57. The minimum atomic E-state index is -0.0686. The highest BCUT2D eigenvalue weighted by molar-refractivity contribution is 7.18. The van der Waals surface area contributed by atoms with E-state index >= 15 is 0 Å². The number of nitrogens with two attached hydrogens (primary N) is 1. The van der Waals surface area contributed by atoms with Crippen LogP contribution in [0.2, 0.25) is 0 Å². The normalized spacial score (nSPS) is 19.1. The summed E-state index contributed by atoms with van der Waals surface area (Å²) in [5, 5.41) is 3.93. The lowest BCUT2D eigenvalue weighted by Crippen LogP contribution is -2.38. The van der Waals surface area contributed by atoms with Gasteiger partial charge in [0, 0.05) is 26.7 Å². The van der Waals surface area contributed by atoms with Crippen molar-refractivity contribution in [2.24, 2.45) is 0 Å². The number of piperidine rings is 1. The van der Waals surface area contributed by atoms with Gasteiger partial charge in [0.15, 0.2) is 0 Å². The van der Waals surface area contributed by atoms with E-state index < -0.39 is 0 Å². The van der Waals surface area contributed by atoms with Gasteiger partial charge in [-0.05, 0) is 25.3 Å². The van der Waals surface area contributed by atoms with E-state index in [1.54, 1.807) is 7.11 Å². The summed E-state index contributed by atoms with van der Waals surface area (Å²) < 4.78 is 5.43. The van der Waals surface area contributed by atoms with Crippen LogP contribution in [0.15, 0.2) is 6.07 Å². The predicted octanol–water partition coefficient (Wildman–Crippen LogP) is 2.09. The molecule has 1 aliphatic heterocycles. The molecule has 112 valence electrons. The summed E-state index contributed by atoms with van der Waals surface area (Å²) in [6.07, 6.45) is 3.39. The number of nitrogen functional groups attached to an aromatic ring is 1. The molecule has 5 nitrogen and oxygen atoms in total. The van der Waals surface area contributed by atoms with Crippen LogP contribution in [0.1, 0.15) is 35.9 Å². The van der Waals surface area contributed by atoms with Gasteiger partial charge < -0.3 is 20.7 Å². The fraction of sp³-hybridized carbons (Fsp3) is 0.643. The first-order valence-corrected chi connectivity index (χ1v) is 7.92. The summed E-state index contributed by atoms with van der Waals surface area (Å²) >= 11 is 1.47. The number of amides is 1. The third-order valence-electron chi connectivity index (χ3n) is 3.51. The topological polar surface area (TPSA) is 67.6 Å². The van der Waals surface area contributed by atoms with Gasteiger partial charge in [0.1, 0.15) is 4.88 Å². The van der Waals surface area contributed by atoms with E-state index in [1.807, 2.05) is 13.0 Å². The van der Waals surface area contributed by atoms with Gasteiger partial charge in [-0.15, -0.1) is 11.3 Å². The molecule has 6 heteroatoms. The first-order valence-electron chi connectivity index (χ1n) is 7.11. The molecule has 1 fully saturated rings. The summed E-state index contributed by atoms with van der Waals surface area (Å²) in [7, 11) is 1.75. The Morgan fingerprint density at radius 1 is 1.65 bits per heavy atom. The Morgan fingerprint density at radius 3 is 3.15 bits per heavy atom. The van der Waals surface area contributed by atoms with Crippen molar-refractivity contribution >= 4 is 27.9 Å². The van der Waals surface area contributed by atoms with Crippen molar-refractivity contribution in [3.63, 3.8) is 0 Å². The van der Waals surface area contributed by atoms with E-state index in [0.717, 1.165) is 37.4 Å². The van der Waals surface area contributed by atoms with Crippen molar-refractivity contribution in [3.05, 3.63) is 10.9 Å². The van der Waals surface area contributed by atoms with E-state index in [0.29, 0.717) is 17.1 Å². The fourth-order valence-electron chi connectivity index (χ4n) is 2.37. The SMILES string of the molecule is CCCNC(=O)c1sc(N2CCCC(OC)C2)cc1N. The molecule has 0 radical (unpaired) electrons. The van der Waals surface area contributed by atoms with Crippen LogP contribution in [0, 0.1) is 0 Å². The molecule has 1 atom stereocenters. The van der Waals surface area contributed by atoms with Gasteiger partial charge in [-0.25, -0.2) is 0 Å². The second-order valence-corrected chi connectivity index (χ2v) is 6.10. The Morgan fingerprint density at radius 2 is 2.45 bits per heavy atom. The second-order valence-electron chi connectivity index (χ2n) is 5.07. The highest BCUT2D eigenvalue weighted by atomic mass is 32.1. The van der Waals surface area contributed by atoms with E-state index in [1.165, 1.54) is 11.3 Å². The molecule has 1 saturated heterocycles. The molecule has 0 aliphatic carbocycles. The highest BCUT2D eigenvalue weighted by Gasteiger charge is 2.23. The van der Waals surface area contributed by atoms with Crippen LogP contribution < -0.4 is 16.0 Å². The molecule has 1 unspecified atom stereocenters. The molecule has 2 heterocycles. The largest absolute Gasteiger partial charge is 0.397 e. The van der Waals surface area contributed by atoms with E-state index in [9.17, 15) is 4.79 Å². The Labute approximate surface area is 124 Å². The maximum absolute atomic E-state index is 12.0. The standard InChI is InChI=1S/C14H23N3O2S/c1-3-6-16-14(18)13-11(15)8-12(20-13)17-7-4-5-10(9-17)19-2/h8,10H,3-7,9,15H2,1-2H3,(H,16,18). The van der Waals surface area contributed by atoms with Crippen molar-refractivity contribution in [1.29, 1.82) is 0 Å². The van der Waals surface area contributed by atoms with Gasteiger partial charge in [-0.3, -0.25) is 4.79 Å². The minimum Gasteiger partial charge on any atom is -0.397 e. The smallest absolute Gasteiger partial charge is 0.263 e. The van der Waals surface area contributed by atoms with Crippen molar-refractivity contribution in [1.82, 2.24) is 5.32 Å². The lowest BCUT2D eigenvalue weighted by Gasteiger charge is -2.32. The van der Waals surface area contributed by atoms with Crippen molar-refractivity contribution in [3.8, 4) is 0 Å². The van der Waals surface area contributed by atoms with Gasteiger partial charge in [0.2, 0.25) is 0 Å². The molecule has 1 amide bonds. The summed E-state index contributed by atoms with van der Waals surface area (Å²) in [6, 6.07) is 1.91. The third-order valence-corrected chi connectivity index (χ3v) is 4.72. The summed E-state index contributed by atoms with van der Waals surface area (Å²) in [4.78, 5) is 14.9. The first kappa shape index (κ1) is 15.1. The van der Waals surface area contributed by atoms with Crippen molar-refractivity contribution in [2.45, 2.75) is 32.3 Å². The highest BCUT2D eigenvalue weighted by Crippen LogP contribution is 2.34. The molecule has 20 heavy (non-hydrogen) atoms. The van der Waals surface area contributed by atoms with Gasteiger partial charge >= 0.3 is 0 Å². The van der Waals surface area contributed by atoms with Gasteiger partial charge in [0.05, 0.1) is 16.8 Å². The number of thiophene rings is 1. The van der Waals surface area contributed by atoms with Crippen molar-refractivity contribution in [2.75, 3.05) is 37.4 Å². The second kappa shape index (κ2) is 6.95. The summed E-state index contributed by atoms with van der Waals surface area (Å²) in [5.74, 6) is -0.0686. The molecule has 1 aromatic rings. The molecule has 2 rings (SSSR count). The first-order chi connectivity index (χ1) is 9.65. The van der Waals surface area contributed by atoms with Crippen LogP contribution in [0.25, 0.3) is 0 Å². The van der Waals surface area contributed by atoms with Gasteiger partial charge in [-0.1, -0.05) is 6.92 Å². The minimum absolute atomic E-state index is 0.0686. The number of ether oxygens (including phenoxy) is 1. The average molecular weight is 297 g/mol. The Hall–Kier alpha value is -1.27. The van der Waals surface area contributed by atoms with Gasteiger partial charge in [0.25, 0.3) is 5.91 Å². The Bertz CT molecular complexity index is 461. The van der Waals surface area contributed by atoms with E-state index in [4.69, 9.17) is 10.5 Å². The number of hydrogen-bond donors (Lipinski definition) is 2. The molecule has 0 spiro atoms. The number of nitrogens with zero attached hydrogens (tertiary/aromatic N) is 1. The van der Waals surface area contributed by atoms with Gasteiger partial charge in [-0.2, -0.15) is 0 Å². The average Bonchev–Trinajstić information content (AvgIpc) is 2.87. The van der Waals surface area contributed by atoms with Crippen LogP contribution in [0.4, 0.5) is 10.7 Å². The maximum Gasteiger partial charge on any atom is 0.263 e. The molecule has 0 aromatic carbocycles. The van der Waals surface area contributed by atoms with Crippen LogP contribution in [0.3, 0.4) is 0 Å². The van der Waals surface area contributed by atoms with Crippen LogP contribution in [-0.2, 0) is 4.74 Å². The quantitative estimate of drug-likeness (QED) is 0.873. The Balaban J connectivity index is 2.08. The summed E-state index contributed by atoms with van der Waals surface area (Å²) in [5.41, 5.74) is 6.55. The van der Waals surface area contributed by atoms with Crippen LogP contribution >= 0.6 is 11.3 Å². The zero-order valence-electron chi connectivity index (χ0n) is 12.1. The molecule has 3 N–H and O–H groups in total. The number of carbonyl (C=O) groups is 1. The van der Waals surface area contributed by atoms with Crippen LogP contribution in [-0.4, -0.2) is 38.8 Å². The molecule has 0 bridgehead atoms. The number of hydrogen-bond acceptors (Lipinski definition) is 5. The van der Waals surface area contributed by atoms with Crippen LogP contribution in [0.5, 0.6) is 0 Å². The Kier molecular flexibility index (Phi) is 5.25. The molecule has 1 aliphatic rings. The number of rotatable bonds is 5. The third kappa shape index (κ3) is 3.43. The fourth-order valence-corrected chi connectivity index (χ4v) is 3.41. The number of methoxy groups -OCH3 is 1. The number of anilines is 2. The molecular formula is C14H23N3O2S. The molecule has 1 aromatic heterocycles. The lowest BCUT2D eigenvalue weighted by atomic mass is 10.1. The monoisotopic (exact) mass is 297 g/mol. The zero-order chi connectivity index (χ0) is 14.5. The van der Waals surface area contributed by atoms with E-state index in [-0.39, 0.29) is 12.0 Å². The number of nitrogens with one attached hydrogen (secondary N) is 1. The maximum atomic E-state index is 12.0. The number of carbonyl (C=O) groups excluding carboxylic acids is 1. The predicted molar refractivity (Wildman–Crippen MR) is 83.6 cm³/mol. The molecule has 0 saturated carbocycles. The van der Waals surface area contributed by atoms with Crippen molar-refractivity contribution < 1.29 is 9.53 Å². The molecular weight excluding hydrogens is 274 g/mol. The van der Waals surface area contributed by atoms with E-state index in [2.05, 4.69) is 10.2 Å².